The standard InChI is InChI=1S/C21H22N6O3/c1-12-4-6-16(7-5-12)26-11-15(10-19(26)29)20(30)23-17-8-14(3)25-27(17)21-22-13(2)9-18(28)24-21/h4-9,15H,10-11H2,1-3H3,(H,23,30)(H,22,24,28). The maximum Gasteiger partial charge on any atom is 0.252 e. The summed E-state index contributed by atoms with van der Waals surface area (Å²) in [6.07, 6.45) is 0.131. The Morgan fingerprint density at radius 1 is 1.10 bits per heavy atom. The molecule has 2 amide bonds. The number of hydrogen-bond donors (Lipinski definition) is 2. The molecule has 0 radical (unpaired) electrons. The summed E-state index contributed by atoms with van der Waals surface area (Å²) < 4.78 is 1.39. The Morgan fingerprint density at radius 3 is 2.53 bits per heavy atom. The average Bonchev–Trinajstić information content (AvgIpc) is 3.24. The van der Waals surface area contributed by atoms with Crippen LogP contribution in [0, 0.1) is 26.7 Å². The number of amides is 2. The van der Waals surface area contributed by atoms with Crippen molar-refractivity contribution in [3.8, 4) is 5.95 Å². The number of rotatable bonds is 4. The fourth-order valence-corrected chi connectivity index (χ4v) is 3.50. The molecule has 1 aromatic carbocycles. The monoisotopic (exact) mass is 406 g/mol. The van der Waals surface area contributed by atoms with Crippen LogP contribution in [0.15, 0.2) is 41.2 Å². The van der Waals surface area contributed by atoms with E-state index in [1.165, 1.54) is 10.7 Å². The molecule has 0 spiro atoms. The number of aromatic amines is 1. The maximum atomic E-state index is 12.9. The van der Waals surface area contributed by atoms with Gasteiger partial charge in [0.1, 0.15) is 5.82 Å². The van der Waals surface area contributed by atoms with Crippen LogP contribution in [0.1, 0.15) is 23.4 Å². The third-order valence-electron chi connectivity index (χ3n) is 4.98. The zero-order valence-corrected chi connectivity index (χ0v) is 17.0. The molecule has 1 aliphatic rings. The lowest BCUT2D eigenvalue weighted by Gasteiger charge is -2.17. The minimum Gasteiger partial charge on any atom is -0.312 e. The first-order valence-electron chi connectivity index (χ1n) is 9.63. The lowest BCUT2D eigenvalue weighted by atomic mass is 10.1. The maximum absolute atomic E-state index is 12.9. The number of carbonyl (C=O) groups is 2. The largest absolute Gasteiger partial charge is 0.312 e. The van der Waals surface area contributed by atoms with Gasteiger partial charge in [0.25, 0.3) is 5.56 Å². The number of aromatic nitrogens is 4. The topological polar surface area (TPSA) is 113 Å². The van der Waals surface area contributed by atoms with E-state index >= 15 is 0 Å². The molecule has 3 heterocycles. The Kier molecular flexibility index (Phi) is 4.94. The molecule has 9 nitrogen and oxygen atoms in total. The van der Waals surface area contributed by atoms with Crippen molar-refractivity contribution in [3.63, 3.8) is 0 Å². The zero-order chi connectivity index (χ0) is 21.4. The van der Waals surface area contributed by atoms with Crippen LogP contribution in [0.4, 0.5) is 11.5 Å². The highest BCUT2D eigenvalue weighted by molar-refractivity contribution is 6.03. The van der Waals surface area contributed by atoms with Gasteiger partial charge in [-0.2, -0.15) is 9.78 Å². The van der Waals surface area contributed by atoms with Crippen LogP contribution in [0.5, 0.6) is 0 Å². The highest BCUT2D eigenvalue weighted by Gasteiger charge is 2.35. The molecule has 1 unspecified atom stereocenters. The molecule has 2 aromatic heterocycles. The molecule has 1 saturated heterocycles. The lowest BCUT2D eigenvalue weighted by Crippen LogP contribution is -2.28. The van der Waals surface area contributed by atoms with E-state index in [0.29, 0.717) is 23.8 Å². The molecule has 30 heavy (non-hydrogen) atoms. The third kappa shape index (κ3) is 3.86. The molecule has 0 aliphatic carbocycles. The van der Waals surface area contributed by atoms with Gasteiger partial charge in [-0.15, -0.1) is 0 Å². The van der Waals surface area contributed by atoms with Crippen molar-refractivity contribution >= 4 is 23.3 Å². The van der Waals surface area contributed by atoms with Crippen molar-refractivity contribution in [3.05, 3.63) is 63.7 Å². The van der Waals surface area contributed by atoms with Gasteiger partial charge >= 0.3 is 0 Å². The molecular formula is C21H22N6O3. The van der Waals surface area contributed by atoms with Gasteiger partial charge < -0.3 is 10.2 Å². The van der Waals surface area contributed by atoms with E-state index in [2.05, 4.69) is 20.4 Å². The van der Waals surface area contributed by atoms with Gasteiger partial charge in [-0.1, -0.05) is 17.7 Å². The van der Waals surface area contributed by atoms with E-state index < -0.39 is 5.92 Å². The smallest absolute Gasteiger partial charge is 0.252 e. The molecule has 154 valence electrons. The van der Waals surface area contributed by atoms with Crippen LogP contribution in [0.25, 0.3) is 5.95 Å². The predicted molar refractivity (Wildman–Crippen MR) is 112 cm³/mol. The molecule has 9 heteroatoms. The highest BCUT2D eigenvalue weighted by atomic mass is 16.2. The van der Waals surface area contributed by atoms with Crippen molar-refractivity contribution in [2.75, 3.05) is 16.8 Å². The van der Waals surface area contributed by atoms with Gasteiger partial charge in [-0.3, -0.25) is 19.4 Å². The molecule has 2 N–H and O–H groups in total. The second kappa shape index (κ2) is 7.58. The van der Waals surface area contributed by atoms with Gasteiger partial charge in [0.15, 0.2) is 0 Å². The zero-order valence-electron chi connectivity index (χ0n) is 17.0. The Hall–Kier alpha value is -3.75. The van der Waals surface area contributed by atoms with Crippen molar-refractivity contribution in [1.82, 2.24) is 19.7 Å². The Labute approximate surface area is 172 Å². The normalized spacial score (nSPS) is 16.2. The molecule has 0 bridgehead atoms. The molecule has 0 saturated carbocycles. The van der Waals surface area contributed by atoms with E-state index in [4.69, 9.17) is 0 Å². The van der Waals surface area contributed by atoms with Crippen LogP contribution in [-0.2, 0) is 9.59 Å². The third-order valence-corrected chi connectivity index (χ3v) is 4.98. The van der Waals surface area contributed by atoms with Gasteiger partial charge in [0.2, 0.25) is 17.8 Å². The summed E-state index contributed by atoms with van der Waals surface area (Å²) in [5.74, 6) is -0.269. The van der Waals surface area contributed by atoms with Gasteiger partial charge in [-0.25, -0.2) is 4.98 Å². The number of carbonyl (C=O) groups excluding carboxylic acids is 2. The van der Waals surface area contributed by atoms with E-state index in [0.717, 1.165) is 11.3 Å². The molecule has 1 fully saturated rings. The van der Waals surface area contributed by atoms with Gasteiger partial charge in [0.05, 0.1) is 11.6 Å². The van der Waals surface area contributed by atoms with E-state index in [1.54, 1.807) is 24.8 Å². The van der Waals surface area contributed by atoms with E-state index in [9.17, 15) is 14.4 Å². The van der Waals surface area contributed by atoms with Crippen LogP contribution in [0.3, 0.4) is 0 Å². The number of hydrogen-bond acceptors (Lipinski definition) is 5. The van der Waals surface area contributed by atoms with Crippen molar-refractivity contribution in [2.24, 2.45) is 5.92 Å². The van der Waals surface area contributed by atoms with E-state index in [-0.39, 0.29) is 29.7 Å². The average molecular weight is 406 g/mol. The summed E-state index contributed by atoms with van der Waals surface area (Å²) in [6.45, 7) is 5.77. The second-order valence-corrected chi connectivity index (χ2v) is 7.52. The minimum absolute atomic E-state index is 0.0895. The molecule has 4 rings (SSSR count). The Morgan fingerprint density at radius 2 is 1.83 bits per heavy atom. The fraction of sp³-hybridized carbons (Fsp3) is 0.286. The summed E-state index contributed by atoms with van der Waals surface area (Å²) in [7, 11) is 0. The number of anilines is 2. The van der Waals surface area contributed by atoms with Crippen LogP contribution < -0.4 is 15.8 Å². The summed E-state index contributed by atoms with van der Waals surface area (Å²) in [4.78, 5) is 45.7. The lowest BCUT2D eigenvalue weighted by molar-refractivity contribution is -0.122. The number of aryl methyl sites for hydroxylation is 3. The van der Waals surface area contributed by atoms with Crippen molar-refractivity contribution in [1.29, 1.82) is 0 Å². The van der Waals surface area contributed by atoms with Gasteiger partial charge in [-0.05, 0) is 32.9 Å². The number of nitrogens with one attached hydrogen (secondary N) is 2. The van der Waals surface area contributed by atoms with Crippen molar-refractivity contribution in [2.45, 2.75) is 27.2 Å². The summed E-state index contributed by atoms with van der Waals surface area (Å²) in [5.41, 5.74) is 2.76. The molecule has 1 aliphatic heterocycles. The first-order chi connectivity index (χ1) is 14.3. The predicted octanol–water partition coefficient (Wildman–Crippen LogP) is 1.87. The SMILES string of the molecule is Cc1ccc(N2CC(C(=O)Nc3cc(C)nn3-c3nc(C)cc(=O)[nH]3)CC2=O)cc1. The number of nitrogens with zero attached hydrogens (tertiary/aromatic N) is 4. The molecule has 3 aromatic rings. The first-order valence-corrected chi connectivity index (χ1v) is 9.63. The van der Waals surface area contributed by atoms with Crippen LogP contribution >= 0.6 is 0 Å². The summed E-state index contributed by atoms with van der Waals surface area (Å²) >= 11 is 0. The van der Waals surface area contributed by atoms with Crippen LogP contribution in [-0.4, -0.2) is 38.1 Å². The quantitative estimate of drug-likeness (QED) is 0.687. The van der Waals surface area contributed by atoms with Crippen LogP contribution in [0.2, 0.25) is 0 Å². The Balaban J connectivity index is 1.54. The number of H-pyrrole nitrogens is 1. The molecular weight excluding hydrogens is 384 g/mol. The summed E-state index contributed by atoms with van der Waals surface area (Å²) in [6, 6.07) is 10.7. The fourth-order valence-electron chi connectivity index (χ4n) is 3.50. The highest BCUT2D eigenvalue weighted by Crippen LogP contribution is 2.26. The summed E-state index contributed by atoms with van der Waals surface area (Å²) in [5, 5.41) is 7.15. The Bertz CT molecular complexity index is 1180. The van der Waals surface area contributed by atoms with Crippen molar-refractivity contribution < 1.29 is 9.59 Å². The first kappa shape index (κ1) is 19.6. The minimum atomic E-state index is -0.494. The van der Waals surface area contributed by atoms with E-state index in [1.807, 2.05) is 31.2 Å². The van der Waals surface area contributed by atoms with Gasteiger partial charge in [0, 0.05) is 36.5 Å². The number of benzene rings is 1. The molecule has 1 atom stereocenters. The second-order valence-electron chi connectivity index (χ2n) is 7.52.